The summed E-state index contributed by atoms with van der Waals surface area (Å²) in [6.45, 7) is 4.53. The number of halogens is 2. The normalized spacial score (nSPS) is 10.8. The highest BCUT2D eigenvalue weighted by molar-refractivity contribution is 6.33. The highest BCUT2D eigenvalue weighted by atomic mass is 35.5. The Kier molecular flexibility index (Phi) is 6.11. The van der Waals surface area contributed by atoms with Gasteiger partial charge in [-0.1, -0.05) is 25.4 Å². The zero-order valence-electron chi connectivity index (χ0n) is 13.4. The van der Waals surface area contributed by atoms with Gasteiger partial charge in [0, 0.05) is 12.1 Å². The first-order chi connectivity index (χ1) is 11.0. The summed E-state index contributed by atoms with van der Waals surface area (Å²) in [5.41, 5.74) is 1.69. The molecule has 0 aliphatic carbocycles. The number of anilines is 1. The van der Waals surface area contributed by atoms with Crippen molar-refractivity contribution in [2.24, 2.45) is 0 Å². The summed E-state index contributed by atoms with van der Waals surface area (Å²) >= 11 is 5.90. The van der Waals surface area contributed by atoms with E-state index in [0.29, 0.717) is 11.6 Å². The number of aromatic nitrogens is 1. The molecule has 0 aliphatic heterocycles. The molecule has 2 aromatic rings. The van der Waals surface area contributed by atoms with Gasteiger partial charge in [0.2, 0.25) is 6.54 Å². The molecule has 0 atom stereocenters. The first-order valence-corrected chi connectivity index (χ1v) is 8.15. The highest BCUT2D eigenvalue weighted by Gasteiger charge is 2.13. The van der Waals surface area contributed by atoms with Crippen LogP contribution in [0.4, 0.5) is 10.1 Å². The Morgan fingerprint density at radius 2 is 1.87 bits per heavy atom. The molecule has 0 fully saturated rings. The first kappa shape index (κ1) is 17.4. The van der Waals surface area contributed by atoms with Crippen molar-refractivity contribution >= 4 is 23.2 Å². The molecule has 0 saturated carbocycles. The quantitative estimate of drug-likeness (QED) is 0.784. The zero-order chi connectivity index (χ0) is 16.8. The fourth-order valence-corrected chi connectivity index (χ4v) is 2.77. The first-order valence-electron chi connectivity index (χ1n) is 7.77. The molecule has 1 N–H and O–H groups in total. The van der Waals surface area contributed by atoms with Crippen LogP contribution in [0.1, 0.15) is 38.2 Å². The topological polar surface area (TPSA) is 33.0 Å². The van der Waals surface area contributed by atoms with E-state index < -0.39 is 5.82 Å². The summed E-state index contributed by atoms with van der Waals surface area (Å²) in [6, 6.07) is 8.00. The summed E-state index contributed by atoms with van der Waals surface area (Å²) in [7, 11) is 0. The number of amides is 1. The zero-order valence-corrected chi connectivity index (χ0v) is 14.1. The van der Waals surface area contributed by atoms with Crippen molar-refractivity contribution in [1.29, 1.82) is 0 Å². The van der Waals surface area contributed by atoms with Crippen molar-refractivity contribution < 1.29 is 13.8 Å². The minimum atomic E-state index is -0.431. The van der Waals surface area contributed by atoms with E-state index in [1.807, 2.05) is 12.4 Å². The largest absolute Gasteiger partial charge is 0.319 e. The van der Waals surface area contributed by atoms with Crippen LogP contribution in [0.15, 0.2) is 42.7 Å². The van der Waals surface area contributed by atoms with Gasteiger partial charge in [0.1, 0.15) is 5.82 Å². The average Bonchev–Trinajstić information content (AvgIpc) is 2.53. The van der Waals surface area contributed by atoms with Crippen molar-refractivity contribution in [2.75, 3.05) is 5.32 Å². The second-order valence-electron chi connectivity index (χ2n) is 5.49. The fraction of sp³-hybridized carbons (Fsp3) is 0.333. The molecule has 1 aromatic heterocycles. The SMILES string of the molecule is CCC(CC)c1cc[n+](CC(=O)Nc2ccc(F)cc2Cl)cc1. The number of hydrogen-bond acceptors (Lipinski definition) is 1. The Bertz CT molecular complexity index is 669. The van der Waals surface area contributed by atoms with E-state index in [0.717, 1.165) is 12.8 Å². The molecule has 0 unspecified atom stereocenters. The molecule has 122 valence electrons. The third-order valence-electron chi connectivity index (χ3n) is 3.91. The van der Waals surface area contributed by atoms with Gasteiger partial charge in [-0.25, -0.2) is 4.39 Å². The standard InChI is InChI=1S/C18H20ClFN2O/c1-3-13(4-2)14-7-9-22(10-8-14)12-18(23)21-17-6-5-15(20)11-16(17)19/h5-11,13H,3-4,12H2,1-2H3/p+1. The lowest BCUT2D eigenvalue weighted by Crippen LogP contribution is -2.39. The van der Waals surface area contributed by atoms with Crippen LogP contribution in [0.3, 0.4) is 0 Å². The lowest BCUT2D eigenvalue weighted by Gasteiger charge is -2.11. The van der Waals surface area contributed by atoms with Crippen LogP contribution in [0.2, 0.25) is 5.02 Å². The van der Waals surface area contributed by atoms with Crippen molar-refractivity contribution in [3.63, 3.8) is 0 Å². The van der Waals surface area contributed by atoms with Gasteiger partial charge in [-0.05, 0) is 42.5 Å². The summed E-state index contributed by atoms with van der Waals surface area (Å²) in [4.78, 5) is 12.1. The molecule has 2 rings (SSSR count). The van der Waals surface area contributed by atoms with Crippen LogP contribution in [-0.2, 0) is 11.3 Å². The van der Waals surface area contributed by atoms with Gasteiger partial charge in [-0.15, -0.1) is 0 Å². The number of nitrogens with zero attached hydrogens (tertiary/aromatic N) is 1. The van der Waals surface area contributed by atoms with Gasteiger partial charge < -0.3 is 5.32 Å². The van der Waals surface area contributed by atoms with E-state index in [1.165, 1.54) is 23.8 Å². The Morgan fingerprint density at radius 3 is 2.43 bits per heavy atom. The molecule has 5 heteroatoms. The second-order valence-corrected chi connectivity index (χ2v) is 5.90. The number of hydrogen-bond donors (Lipinski definition) is 1. The van der Waals surface area contributed by atoms with E-state index in [-0.39, 0.29) is 17.5 Å². The molecular formula is C18H21ClFN2O+. The maximum absolute atomic E-state index is 13.0. The van der Waals surface area contributed by atoms with E-state index >= 15 is 0 Å². The van der Waals surface area contributed by atoms with E-state index in [2.05, 4.69) is 31.3 Å². The van der Waals surface area contributed by atoms with Crippen molar-refractivity contribution in [1.82, 2.24) is 0 Å². The van der Waals surface area contributed by atoms with E-state index in [1.54, 1.807) is 4.57 Å². The Hall–Kier alpha value is -1.94. The number of nitrogens with one attached hydrogen (secondary N) is 1. The Labute approximate surface area is 141 Å². The number of rotatable bonds is 6. The van der Waals surface area contributed by atoms with Gasteiger partial charge in [0.25, 0.3) is 5.91 Å². The smallest absolute Gasteiger partial charge is 0.290 e. The molecule has 0 saturated heterocycles. The molecule has 1 amide bonds. The van der Waals surface area contributed by atoms with Gasteiger partial charge >= 0.3 is 0 Å². The molecular weight excluding hydrogens is 315 g/mol. The lowest BCUT2D eigenvalue weighted by molar-refractivity contribution is -0.684. The minimum absolute atomic E-state index is 0.177. The summed E-state index contributed by atoms with van der Waals surface area (Å²) < 4.78 is 14.8. The van der Waals surface area contributed by atoms with Gasteiger partial charge in [-0.3, -0.25) is 4.79 Å². The third-order valence-corrected chi connectivity index (χ3v) is 4.22. The number of carbonyl (C=O) groups excluding carboxylic acids is 1. The predicted octanol–water partition coefficient (Wildman–Crippen LogP) is 4.31. The molecule has 3 nitrogen and oxygen atoms in total. The number of carbonyl (C=O) groups is 1. The minimum Gasteiger partial charge on any atom is -0.319 e. The maximum atomic E-state index is 13.0. The van der Waals surface area contributed by atoms with Crippen LogP contribution in [0.25, 0.3) is 0 Å². The molecule has 1 aromatic carbocycles. The molecule has 1 heterocycles. The van der Waals surface area contributed by atoms with E-state index in [4.69, 9.17) is 11.6 Å². The van der Waals surface area contributed by atoms with E-state index in [9.17, 15) is 9.18 Å². The Morgan fingerprint density at radius 1 is 1.22 bits per heavy atom. The predicted molar refractivity (Wildman–Crippen MR) is 90.0 cm³/mol. The van der Waals surface area contributed by atoms with Crippen molar-refractivity contribution in [3.05, 3.63) is 59.1 Å². The average molecular weight is 336 g/mol. The van der Waals surface area contributed by atoms with Crippen LogP contribution in [0, 0.1) is 5.82 Å². The molecule has 0 bridgehead atoms. The van der Waals surface area contributed by atoms with Gasteiger partial charge in [0.15, 0.2) is 12.4 Å². The summed E-state index contributed by atoms with van der Waals surface area (Å²) in [6.07, 6.45) is 6.01. The lowest BCUT2D eigenvalue weighted by atomic mass is 9.95. The summed E-state index contributed by atoms with van der Waals surface area (Å²) in [5, 5.41) is 2.87. The van der Waals surface area contributed by atoms with Crippen LogP contribution in [-0.4, -0.2) is 5.91 Å². The van der Waals surface area contributed by atoms with Crippen LogP contribution < -0.4 is 9.88 Å². The number of benzene rings is 1. The maximum Gasteiger partial charge on any atom is 0.290 e. The van der Waals surface area contributed by atoms with Crippen molar-refractivity contribution in [3.8, 4) is 0 Å². The summed E-state index contributed by atoms with van der Waals surface area (Å²) in [5.74, 6) is -0.0883. The Balaban J connectivity index is 2.00. The second kappa shape index (κ2) is 8.06. The molecule has 0 radical (unpaired) electrons. The third kappa shape index (κ3) is 4.76. The molecule has 23 heavy (non-hydrogen) atoms. The van der Waals surface area contributed by atoms with Crippen molar-refractivity contribution in [2.45, 2.75) is 39.2 Å². The van der Waals surface area contributed by atoms with Crippen LogP contribution in [0.5, 0.6) is 0 Å². The fourth-order valence-electron chi connectivity index (χ4n) is 2.55. The molecule has 0 spiro atoms. The van der Waals surface area contributed by atoms with Gasteiger partial charge in [-0.2, -0.15) is 4.57 Å². The van der Waals surface area contributed by atoms with Crippen LogP contribution >= 0.6 is 11.6 Å². The monoisotopic (exact) mass is 335 g/mol. The highest BCUT2D eigenvalue weighted by Crippen LogP contribution is 2.22. The molecule has 0 aliphatic rings. The number of pyridine rings is 1. The van der Waals surface area contributed by atoms with Gasteiger partial charge in [0.05, 0.1) is 10.7 Å².